The lowest BCUT2D eigenvalue weighted by Crippen LogP contribution is -2.32. The number of carbonyl (C=O) groups is 1. The summed E-state index contributed by atoms with van der Waals surface area (Å²) in [6.07, 6.45) is 0. The van der Waals surface area contributed by atoms with E-state index in [1.807, 2.05) is 18.0 Å². The van der Waals surface area contributed by atoms with Gasteiger partial charge in [0.1, 0.15) is 0 Å². The smallest absolute Gasteiger partial charge is 0.233 e. The Kier molecular flexibility index (Phi) is 4.78. The first kappa shape index (κ1) is 13.3. The number of likely N-dealkylation sites (N-methyl/N-ethyl adjacent to an activating group) is 2. The molecule has 17 heavy (non-hydrogen) atoms. The van der Waals surface area contributed by atoms with Crippen molar-refractivity contribution in [2.24, 2.45) is 0 Å². The molecule has 0 saturated heterocycles. The van der Waals surface area contributed by atoms with Crippen LogP contribution in [0, 0.1) is 0 Å². The van der Waals surface area contributed by atoms with Crippen LogP contribution in [0.25, 0.3) is 0 Å². The van der Waals surface area contributed by atoms with Crippen LogP contribution < -0.4 is 10.1 Å². The van der Waals surface area contributed by atoms with Crippen molar-refractivity contribution in [1.82, 2.24) is 10.2 Å². The van der Waals surface area contributed by atoms with Crippen molar-refractivity contribution < 1.29 is 14.6 Å². The van der Waals surface area contributed by atoms with Crippen LogP contribution in [0.15, 0.2) is 18.2 Å². The van der Waals surface area contributed by atoms with Gasteiger partial charge in [0.05, 0.1) is 13.7 Å². The Morgan fingerprint density at radius 1 is 1.53 bits per heavy atom. The molecule has 0 aliphatic heterocycles. The van der Waals surface area contributed by atoms with Gasteiger partial charge in [-0.3, -0.25) is 9.69 Å². The normalized spacial score (nSPS) is 10.4. The summed E-state index contributed by atoms with van der Waals surface area (Å²) in [6, 6.07) is 5.30. The lowest BCUT2D eigenvalue weighted by molar-refractivity contribution is -0.121. The van der Waals surface area contributed by atoms with E-state index < -0.39 is 0 Å². The van der Waals surface area contributed by atoms with Gasteiger partial charge in [-0.2, -0.15) is 0 Å². The molecular formula is C12H18N2O3. The van der Waals surface area contributed by atoms with Gasteiger partial charge in [-0.15, -0.1) is 0 Å². The van der Waals surface area contributed by atoms with Crippen LogP contribution in [0.1, 0.15) is 5.56 Å². The number of methoxy groups -OCH3 is 1. The molecule has 94 valence electrons. The lowest BCUT2D eigenvalue weighted by Gasteiger charge is -2.17. The zero-order chi connectivity index (χ0) is 12.8. The number of ether oxygens (including phenoxy) is 1. The Balaban J connectivity index is 2.71. The predicted molar refractivity (Wildman–Crippen MR) is 65.1 cm³/mol. The van der Waals surface area contributed by atoms with Crippen LogP contribution in [0.2, 0.25) is 0 Å². The molecule has 0 aromatic heterocycles. The quantitative estimate of drug-likeness (QED) is 0.787. The fourth-order valence-electron chi connectivity index (χ4n) is 1.53. The molecule has 0 unspecified atom stereocenters. The van der Waals surface area contributed by atoms with Gasteiger partial charge in [0.25, 0.3) is 0 Å². The van der Waals surface area contributed by atoms with E-state index in [2.05, 4.69) is 5.32 Å². The number of para-hydroxylation sites is 1. The number of phenolic OH excluding ortho intramolecular Hbond substituents is 1. The number of amides is 1. The Bertz CT molecular complexity index is 393. The molecule has 0 heterocycles. The second-order valence-corrected chi connectivity index (χ2v) is 3.81. The molecule has 1 aromatic rings. The minimum absolute atomic E-state index is 0.0603. The third-order valence-corrected chi connectivity index (χ3v) is 2.44. The molecule has 0 aliphatic rings. The van der Waals surface area contributed by atoms with Gasteiger partial charge in [-0.25, -0.2) is 0 Å². The van der Waals surface area contributed by atoms with E-state index >= 15 is 0 Å². The van der Waals surface area contributed by atoms with E-state index in [1.54, 1.807) is 19.2 Å². The summed E-state index contributed by atoms with van der Waals surface area (Å²) >= 11 is 0. The first-order valence-corrected chi connectivity index (χ1v) is 5.32. The number of benzene rings is 1. The van der Waals surface area contributed by atoms with Crippen LogP contribution >= 0.6 is 0 Å². The molecule has 0 fully saturated rings. The van der Waals surface area contributed by atoms with Crippen molar-refractivity contribution in [1.29, 1.82) is 0 Å². The summed E-state index contributed by atoms with van der Waals surface area (Å²) in [5, 5.41) is 12.4. The van der Waals surface area contributed by atoms with Gasteiger partial charge in [-0.1, -0.05) is 12.1 Å². The minimum Gasteiger partial charge on any atom is -0.504 e. The molecule has 5 heteroatoms. The predicted octanol–water partition coefficient (Wildman–Crippen LogP) is 0.579. The van der Waals surface area contributed by atoms with E-state index in [9.17, 15) is 9.90 Å². The summed E-state index contributed by atoms with van der Waals surface area (Å²) in [5.74, 6) is 0.504. The van der Waals surface area contributed by atoms with Crippen LogP contribution in [0.5, 0.6) is 11.5 Å². The number of carbonyl (C=O) groups excluding carboxylic acids is 1. The molecule has 0 radical (unpaired) electrons. The van der Waals surface area contributed by atoms with E-state index in [1.165, 1.54) is 7.11 Å². The highest BCUT2D eigenvalue weighted by atomic mass is 16.5. The summed E-state index contributed by atoms with van der Waals surface area (Å²) in [7, 11) is 4.92. The maximum atomic E-state index is 11.2. The van der Waals surface area contributed by atoms with E-state index in [0.717, 1.165) is 5.56 Å². The molecule has 2 N–H and O–H groups in total. The van der Waals surface area contributed by atoms with Crippen LogP contribution in [-0.2, 0) is 11.3 Å². The van der Waals surface area contributed by atoms with Gasteiger partial charge in [0.15, 0.2) is 11.5 Å². The Morgan fingerprint density at radius 2 is 2.24 bits per heavy atom. The van der Waals surface area contributed by atoms with Crippen LogP contribution in [-0.4, -0.2) is 43.7 Å². The average Bonchev–Trinajstić information content (AvgIpc) is 2.31. The third kappa shape index (κ3) is 3.64. The van der Waals surface area contributed by atoms with Gasteiger partial charge in [0.2, 0.25) is 5.91 Å². The highest BCUT2D eigenvalue weighted by Gasteiger charge is 2.11. The highest BCUT2D eigenvalue weighted by Crippen LogP contribution is 2.29. The van der Waals surface area contributed by atoms with Crippen LogP contribution in [0.3, 0.4) is 0 Å². The fraction of sp³-hybridized carbons (Fsp3) is 0.417. The summed E-state index contributed by atoms with van der Waals surface area (Å²) in [6.45, 7) is 0.767. The standard InChI is InChI=1S/C12H18N2O3/c1-13-11(15)8-14(2)7-9-5-4-6-10(17-3)12(9)16/h4-6,16H,7-8H2,1-3H3,(H,13,15). The van der Waals surface area contributed by atoms with Gasteiger partial charge < -0.3 is 15.2 Å². The molecule has 0 spiro atoms. The number of nitrogens with one attached hydrogen (secondary N) is 1. The average molecular weight is 238 g/mol. The Labute approximate surface area is 101 Å². The monoisotopic (exact) mass is 238 g/mol. The number of aromatic hydroxyl groups is 1. The largest absolute Gasteiger partial charge is 0.504 e. The van der Waals surface area contributed by atoms with Crippen molar-refractivity contribution in [2.75, 3.05) is 27.7 Å². The molecule has 0 saturated carbocycles. The van der Waals surface area contributed by atoms with E-state index in [-0.39, 0.29) is 18.2 Å². The molecule has 1 rings (SSSR count). The number of phenols is 1. The van der Waals surface area contributed by atoms with Crippen molar-refractivity contribution in [3.8, 4) is 11.5 Å². The van der Waals surface area contributed by atoms with Crippen molar-refractivity contribution in [3.63, 3.8) is 0 Å². The number of nitrogens with zero attached hydrogens (tertiary/aromatic N) is 1. The second kappa shape index (κ2) is 6.10. The lowest BCUT2D eigenvalue weighted by atomic mass is 10.1. The number of hydrogen-bond acceptors (Lipinski definition) is 4. The SMILES string of the molecule is CNC(=O)CN(C)Cc1cccc(OC)c1O. The molecular weight excluding hydrogens is 220 g/mol. The second-order valence-electron chi connectivity index (χ2n) is 3.81. The van der Waals surface area contributed by atoms with E-state index in [0.29, 0.717) is 12.3 Å². The number of rotatable bonds is 5. The van der Waals surface area contributed by atoms with Crippen molar-refractivity contribution in [3.05, 3.63) is 23.8 Å². The van der Waals surface area contributed by atoms with Gasteiger partial charge in [0, 0.05) is 19.2 Å². The summed E-state index contributed by atoms with van der Waals surface area (Å²) < 4.78 is 5.02. The minimum atomic E-state index is -0.0603. The van der Waals surface area contributed by atoms with Crippen LogP contribution in [0.4, 0.5) is 0 Å². The summed E-state index contributed by atoms with van der Waals surface area (Å²) in [4.78, 5) is 13.0. The van der Waals surface area contributed by atoms with Crippen molar-refractivity contribution in [2.45, 2.75) is 6.54 Å². The number of hydrogen-bond donors (Lipinski definition) is 2. The van der Waals surface area contributed by atoms with Crippen molar-refractivity contribution >= 4 is 5.91 Å². The maximum Gasteiger partial charge on any atom is 0.233 e. The molecule has 0 aliphatic carbocycles. The molecule has 0 atom stereocenters. The van der Waals surface area contributed by atoms with Gasteiger partial charge >= 0.3 is 0 Å². The zero-order valence-corrected chi connectivity index (χ0v) is 10.4. The molecule has 1 amide bonds. The molecule has 0 bridgehead atoms. The Hall–Kier alpha value is -1.75. The van der Waals surface area contributed by atoms with E-state index in [4.69, 9.17) is 4.74 Å². The topological polar surface area (TPSA) is 61.8 Å². The first-order chi connectivity index (χ1) is 8.08. The maximum absolute atomic E-state index is 11.2. The summed E-state index contributed by atoms with van der Waals surface area (Å²) in [5.41, 5.74) is 0.732. The first-order valence-electron chi connectivity index (χ1n) is 5.32. The third-order valence-electron chi connectivity index (χ3n) is 2.44. The Morgan fingerprint density at radius 3 is 2.82 bits per heavy atom. The molecule has 5 nitrogen and oxygen atoms in total. The highest BCUT2D eigenvalue weighted by molar-refractivity contribution is 5.77. The molecule has 1 aromatic carbocycles. The fourth-order valence-corrected chi connectivity index (χ4v) is 1.53. The van der Waals surface area contributed by atoms with Gasteiger partial charge in [-0.05, 0) is 13.1 Å². The zero-order valence-electron chi connectivity index (χ0n) is 10.4.